The van der Waals surface area contributed by atoms with Gasteiger partial charge >= 0.3 is 0 Å². The van der Waals surface area contributed by atoms with E-state index in [2.05, 4.69) is 78.1 Å². The van der Waals surface area contributed by atoms with E-state index in [1.54, 1.807) is 0 Å². The molecular formula is C18H27Br3. The fourth-order valence-corrected chi connectivity index (χ4v) is 3.38. The van der Waals surface area contributed by atoms with Gasteiger partial charge in [0.05, 0.1) is 0 Å². The van der Waals surface area contributed by atoms with E-state index >= 15 is 0 Å². The van der Waals surface area contributed by atoms with E-state index in [1.807, 2.05) is 0 Å². The van der Waals surface area contributed by atoms with Crippen molar-refractivity contribution in [1.82, 2.24) is 0 Å². The molecule has 3 heteroatoms. The fourth-order valence-electron chi connectivity index (χ4n) is 2.54. The minimum Gasteiger partial charge on any atom is -0.0622 e. The summed E-state index contributed by atoms with van der Waals surface area (Å²) in [5.74, 6) is 0. The maximum absolute atomic E-state index is 3.55. The van der Waals surface area contributed by atoms with Crippen LogP contribution in [0.5, 0.6) is 0 Å². The topological polar surface area (TPSA) is 0 Å². The Hall–Kier alpha value is 0.660. The molecule has 1 rings (SSSR count). The number of hydrogen-bond acceptors (Lipinski definition) is 0. The molecule has 0 aromatic heterocycles. The summed E-state index contributed by atoms with van der Waals surface area (Å²) in [5, 5.41) is 0. The minimum atomic E-state index is -0.0360. The third-order valence-electron chi connectivity index (χ3n) is 3.77. The van der Waals surface area contributed by atoms with Gasteiger partial charge in [-0.25, -0.2) is 0 Å². The third-order valence-corrected chi connectivity index (χ3v) is 4.96. The monoisotopic (exact) mass is 480 g/mol. The second-order valence-electron chi connectivity index (χ2n) is 5.78. The number of alkyl halides is 3. The lowest BCUT2D eigenvalue weighted by Gasteiger charge is -2.10. The number of hydrogen-bond donors (Lipinski definition) is 0. The Labute approximate surface area is 155 Å². The maximum Gasteiger partial charge on any atom is 0.135 e. The second kappa shape index (κ2) is 12.1. The summed E-state index contributed by atoms with van der Waals surface area (Å²) in [6.45, 7) is 0. The molecule has 1 aromatic carbocycles. The van der Waals surface area contributed by atoms with Crippen LogP contribution in [0.3, 0.4) is 0 Å². The number of aryl methyl sites for hydroxylation is 1. The van der Waals surface area contributed by atoms with Gasteiger partial charge in [-0.1, -0.05) is 129 Å². The van der Waals surface area contributed by atoms with Crippen LogP contribution in [0, 0.1) is 0 Å². The fraction of sp³-hybridized carbons (Fsp3) is 0.667. The van der Waals surface area contributed by atoms with Gasteiger partial charge in [-0.3, -0.25) is 0 Å². The number of benzene rings is 1. The molecule has 1 aromatic rings. The Morgan fingerprint density at radius 1 is 0.619 bits per heavy atom. The molecule has 0 saturated carbocycles. The highest BCUT2D eigenvalue weighted by Crippen LogP contribution is 2.38. The van der Waals surface area contributed by atoms with Crippen molar-refractivity contribution in [2.75, 3.05) is 0 Å². The summed E-state index contributed by atoms with van der Waals surface area (Å²) >= 11 is 10.6. The molecular weight excluding hydrogens is 456 g/mol. The maximum atomic E-state index is 3.55. The molecule has 0 aliphatic rings. The Balaban J connectivity index is 1.81. The lowest BCUT2D eigenvalue weighted by molar-refractivity contribution is 0.555. The summed E-state index contributed by atoms with van der Waals surface area (Å²) in [7, 11) is 0. The van der Waals surface area contributed by atoms with E-state index in [-0.39, 0.29) is 2.14 Å². The molecule has 0 N–H and O–H groups in total. The van der Waals surface area contributed by atoms with Gasteiger partial charge in [0.2, 0.25) is 0 Å². The zero-order valence-electron chi connectivity index (χ0n) is 12.8. The standard InChI is InChI=1S/C18H27Br3/c19-18(20,21)16-12-7-5-3-1-2-4-6-9-13-17-14-10-8-11-15-17/h8,10-11,14-15H,1-7,9,12-13,16H2. The van der Waals surface area contributed by atoms with Gasteiger partial charge in [0.15, 0.2) is 0 Å². The molecule has 0 amide bonds. The largest absolute Gasteiger partial charge is 0.135 e. The van der Waals surface area contributed by atoms with Crippen LogP contribution < -0.4 is 0 Å². The predicted octanol–water partition coefficient (Wildman–Crippen LogP) is 7.97. The first-order chi connectivity index (χ1) is 10.1. The Morgan fingerprint density at radius 2 is 1.10 bits per heavy atom. The van der Waals surface area contributed by atoms with Crippen LogP contribution in [0.15, 0.2) is 30.3 Å². The van der Waals surface area contributed by atoms with Crippen LogP contribution in [0.25, 0.3) is 0 Å². The Kier molecular flexibility index (Phi) is 11.4. The third kappa shape index (κ3) is 12.9. The highest BCUT2D eigenvalue weighted by molar-refractivity contribution is 9.39. The van der Waals surface area contributed by atoms with Crippen molar-refractivity contribution in [3.63, 3.8) is 0 Å². The molecule has 0 spiro atoms. The molecule has 0 fully saturated rings. The van der Waals surface area contributed by atoms with Crippen molar-refractivity contribution >= 4 is 47.8 Å². The van der Waals surface area contributed by atoms with Gasteiger partial charge in [0.25, 0.3) is 0 Å². The summed E-state index contributed by atoms with van der Waals surface area (Å²) in [4.78, 5) is 0. The van der Waals surface area contributed by atoms with Gasteiger partial charge in [-0.2, -0.15) is 0 Å². The molecule has 0 aliphatic carbocycles. The first-order valence-corrected chi connectivity index (χ1v) is 10.6. The molecule has 0 unspecified atom stereocenters. The molecule has 0 nitrogen and oxygen atoms in total. The van der Waals surface area contributed by atoms with E-state index in [4.69, 9.17) is 0 Å². The van der Waals surface area contributed by atoms with Crippen molar-refractivity contribution < 1.29 is 0 Å². The van der Waals surface area contributed by atoms with E-state index in [0.717, 1.165) is 6.42 Å². The number of rotatable bonds is 11. The first kappa shape index (κ1) is 19.7. The van der Waals surface area contributed by atoms with Gasteiger partial charge in [0.1, 0.15) is 2.14 Å². The average molecular weight is 483 g/mol. The van der Waals surface area contributed by atoms with Gasteiger partial charge in [-0.15, -0.1) is 0 Å². The van der Waals surface area contributed by atoms with Crippen molar-refractivity contribution in [3.8, 4) is 0 Å². The first-order valence-electron chi connectivity index (χ1n) is 8.18. The quantitative estimate of drug-likeness (QED) is 0.221. The molecule has 0 bridgehead atoms. The van der Waals surface area contributed by atoms with E-state index < -0.39 is 0 Å². The minimum absolute atomic E-state index is 0.0360. The van der Waals surface area contributed by atoms with Crippen LogP contribution >= 0.6 is 47.8 Å². The van der Waals surface area contributed by atoms with Crippen LogP contribution in [0.1, 0.15) is 69.8 Å². The van der Waals surface area contributed by atoms with Crippen LogP contribution in [-0.4, -0.2) is 2.14 Å². The zero-order chi connectivity index (χ0) is 15.4. The molecule has 21 heavy (non-hydrogen) atoms. The average Bonchev–Trinajstić information content (AvgIpc) is 2.44. The van der Waals surface area contributed by atoms with Crippen molar-refractivity contribution in [2.24, 2.45) is 0 Å². The van der Waals surface area contributed by atoms with E-state index in [1.165, 1.54) is 69.8 Å². The molecule has 120 valence electrons. The van der Waals surface area contributed by atoms with E-state index in [9.17, 15) is 0 Å². The Bertz CT molecular complexity index is 343. The predicted molar refractivity (Wildman–Crippen MR) is 106 cm³/mol. The van der Waals surface area contributed by atoms with Crippen LogP contribution in [-0.2, 0) is 6.42 Å². The van der Waals surface area contributed by atoms with E-state index in [0.29, 0.717) is 0 Å². The van der Waals surface area contributed by atoms with Crippen LogP contribution in [0.4, 0.5) is 0 Å². The van der Waals surface area contributed by atoms with Gasteiger partial charge in [0, 0.05) is 0 Å². The lowest BCUT2D eigenvalue weighted by Crippen LogP contribution is -1.98. The molecule has 0 heterocycles. The van der Waals surface area contributed by atoms with Crippen molar-refractivity contribution in [1.29, 1.82) is 0 Å². The highest BCUT2D eigenvalue weighted by Gasteiger charge is 2.15. The summed E-state index contributed by atoms with van der Waals surface area (Å²) in [6.07, 6.45) is 14.7. The van der Waals surface area contributed by atoms with Gasteiger partial charge < -0.3 is 0 Å². The Morgan fingerprint density at radius 3 is 1.62 bits per heavy atom. The zero-order valence-corrected chi connectivity index (χ0v) is 17.6. The smallest absolute Gasteiger partial charge is 0.0622 e. The van der Waals surface area contributed by atoms with Gasteiger partial charge in [-0.05, 0) is 24.8 Å². The molecule has 0 radical (unpaired) electrons. The van der Waals surface area contributed by atoms with Crippen molar-refractivity contribution in [2.45, 2.75) is 72.8 Å². The normalized spacial score (nSPS) is 11.8. The highest BCUT2D eigenvalue weighted by atomic mass is 80.0. The molecule has 0 atom stereocenters. The second-order valence-corrected chi connectivity index (χ2v) is 13.0. The lowest BCUT2D eigenvalue weighted by atomic mass is 10.0. The summed E-state index contributed by atoms with van der Waals surface area (Å²) in [6, 6.07) is 10.8. The van der Waals surface area contributed by atoms with Crippen LogP contribution in [0.2, 0.25) is 0 Å². The summed E-state index contributed by atoms with van der Waals surface area (Å²) in [5.41, 5.74) is 1.49. The van der Waals surface area contributed by atoms with Crippen molar-refractivity contribution in [3.05, 3.63) is 35.9 Å². The number of unbranched alkanes of at least 4 members (excludes halogenated alkanes) is 8. The molecule has 0 saturated heterocycles. The number of halogens is 3. The SMILES string of the molecule is BrC(Br)(Br)CCCCCCCCCCCc1ccccc1. The summed E-state index contributed by atoms with van der Waals surface area (Å²) < 4.78 is -0.0360. The molecule has 0 aliphatic heterocycles.